The lowest BCUT2D eigenvalue weighted by Gasteiger charge is -2.07. The van der Waals surface area contributed by atoms with E-state index in [-0.39, 0.29) is 11.9 Å². The number of aryl methyl sites for hydroxylation is 2. The molecule has 0 fully saturated rings. The SMILES string of the molecule is Cc1cc(C)nc(Nc2ccc(C(=O)Nc3nc4scc(-c5ccccc5)n4n3)cc2)n1. The zero-order valence-corrected chi connectivity index (χ0v) is 18.2. The van der Waals surface area contributed by atoms with E-state index >= 15 is 0 Å². The molecular formula is C23H19N7OS. The second kappa shape index (κ2) is 8.20. The number of amides is 1. The van der Waals surface area contributed by atoms with Crippen LogP contribution in [-0.4, -0.2) is 30.5 Å². The Morgan fingerprint density at radius 3 is 2.34 bits per heavy atom. The van der Waals surface area contributed by atoms with E-state index in [0.29, 0.717) is 16.5 Å². The minimum atomic E-state index is -0.279. The predicted octanol–water partition coefficient (Wildman–Crippen LogP) is 4.86. The van der Waals surface area contributed by atoms with Crippen molar-refractivity contribution in [2.75, 3.05) is 10.6 Å². The Balaban J connectivity index is 1.31. The number of carbonyl (C=O) groups excluding carboxylic acids is 1. The maximum Gasteiger partial charge on any atom is 0.258 e. The van der Waals surface area contributed by atoms with Gasteiger partial charge in [0.2, 0.25) is 10.9 Å². The number of benzene rings is 2. The Kier molecular flexibility index (Phi) is 5.08. The first-order chi connectivity index (χ1) is 15.5. The van der Waals surface area contributed by atoms with Crippen molar-refractivity contribution in [2.24, 2.45) is 0 Å². The molecule has 5 rings (SSSR count). The van der Waals surface area contributed by atoms with Crippen molar-refractivity contribution in [1.29, 1.82) is 0 Å². The molecule has 0 atom stereocenters. The van der Waals surface area contributed by atoms with Gasteiger partial charge in [-0.25, -0.2) is 14.5 Å². The lowest BCUT2D eigenvalue weighted by atomic mass is 10.2. The fourth-order valence-electron chi connectivity index (χ4n) is 3.33. The summed E-state index contributed by atoms with van der Waals surface area (Å²) in [4.78, 5) is 26.6. The summed E-state index contributed by atoms with van der Waals surface area (Å²) in [5.74, 6) is 0.514. The van der Waals surface area contributed by atoms with Crippen LogP contribution in [0.5, 0.6) is 0 Å². The number of nitrogens with zero attached hydrogens (tertiary/aromatic N) is 5. The van der Waals surface area contributed by atoms with Gasteiger partial charge in [0.1, 0.15) is 0 Å². The third-order valence-corrected chi connectivity index (χ3v) is 5.58. The summed E-state index contributed by atoms with van der Waals surface area (Å²) in [7, 11) is 0. The van der Waals surface area contributed by atoms with E-state index in [1.165, 1.54) is 11.3 Å². The van der Waals surface area contributed by atoms with Gasteiger partial charge < -0.3 is 5.32 Å². The van der Waals surface area contributed by atoms with Crippen LogP contribution in [0.3, 0.4) is 0 Å². The molecule has 8 nitrogen and oxygen atoms in total. The highest BCUT2D eigenvalue weighted by molar-refractivity contribution is 7.15. The van der Waals surface area contributed by atoms with E-state index < -0.39 is 0 Å². The van der Waals surface area contributed by atoms with Crippen LogP contribution in [0.15, 0.2) is 66.0 Å². The molecule has 1 amide bonds. The Morgan fingerprint density at radius 2 is 1.62 bits per heavy atom. The molecule has 0 aliphatic heterocycles. The molecule has 2 N–H and O–H groups in total. The fraction of sp³-hybridized carbons (Fsp3) is 0.0870. The van der Waals surface area contributed by atoms with Crippen LogP contribution in [0.25, 0.3) is 16.2 Å². The summed E-state index contributed by atoms with van der Waals surface area (Å²) < 4.78 is 1.74. The molecule has 32 heavy (non-hydrogen) atoms. The van der Waals surface area contributed by atoms with Crippen molar-refractivity contribution in [2.45, 2.75) is 13.8 Å². The number of hydrogen-bond donors (Lipinski definition) is 2. The van der Waals surface area contributed by atoms with E-state index in [1.807, 2.05) is 67.8 Å². The number of anilines is 3. The summed E-state index contributed by atoms with van der Waals surface area (Å²) >= 11 is 1.48. The predicted molar refractivity (Wildman–Crippen MR) is 125 cm³/mol. The molecule has 3 heterocycles. The Bertz CT molecular complexity index is 1390. The first kappa shape index (κ1) is 19.8. The van der Waals surface area contributed by atoms with E-state index in [0.717, 1.165) is 28.3 Å². The zero-order chi connectivity index (χ0) is 22.1. The summed E-state index contributed by atoms with van der Waals surface area (Å²) in [5, 5.41) is 12.4. The van der Waals surface area contributed by atoms with Gasteiger partial charge in [-0.15, -0.1) is 16.4 Å². The normalized spacial score (nSPS) is 10.9. The Morgan fingerprint density at radius 1 is 0.906 bits per heavy atom. The quantitative estimate of drug-likeness (QED) is 0.404. The molecule has 2 aromatic carbocycles. The number of rotatable bonds is 5. The van der Waals surface area contributed by atoms with Crippen molar-refractivity contribution in [1.82, 2.24) is 24.6 Å². The lowest BCUT2D eigenvalue weighted by Crippen LogP contribution is -2.13. The average Bonchev–Trinajstić information content (AvgIpc) is 3.34. The fourth-order valence-corrected chi connectivity index (χ4v) is 4.16. The Hall–Kier alpha value is -4.11. The van der Waals surface area contributed by atoms with Gasteiger partial charge in [0, 0.05) is 33.6 Å². The lowest BCUT2D eigenvalue weighted by molar-refractivity contribution is 0.102. The summed E-state index contributed by atoms with van der Waals surface area (Å²) in [6.45, 7) is 3.84. The number of fused-ring (bicyclic) bond motifs is 1. The number of aromatic nitrogens is 5. The van der Waals surface area contributed by atoms with Gasteiger partial charge in [-0.3, -0.25) is 10.1 Å². The molecule has 0 aliphatic carbocycles. The minimum absolute atomic E-state index is 0.268. The minimum Gasteiger partial charge on any atom is -0.324 e. The number of carbonyl (C=O) groups is 1. The number of hydrogen-bond acceptors (Lipinski definition) is 7. The van der Waals surface area contributed by atoms with Crippen molar-refractivity contribution in [3.8, 4) is 11.3 Å². The van der Waals surface area contributed by atoms with Crippen LogP contribution in [0.4, 0.5) is 17.6 Å². The molecule has 5 aromatic rings. The topological polar surface area (TPSA) is 97.1 Å². The van der Waals surface area contributed by atoms with Crippen LogP contribution in [0, 0.1) is 13.8 Å². The molecule has 0 saturated heterocycles. The number of nitrogens with one attached hydrogen (secondary N) is 2. The summed E-state index contributed by atoms with van der Waals surface area (Å²) in [5.41, 5.74) is 5.04. The van der Waals surface area contributed by atoms with E-state index in [9.17, 15) is 4.79 Å². The van der Waals surface area contributed by atoms with Gasteiger partial charge in [-0.1, -0.05) is 30.3 Å². The van der Waals surface area contributed by atoms with Crippen LogP contribution in [0.2, 0.25) is 0 Å². The molecule has 0 radical (unpaired) electrons. The standard InChI is InChI=1S/C23H19N7OS/c1-14-12-15(2)25-21(24-14)26-18-10-8-17(9-11-18)20(31)27-22-28-23-30(29-22)19(13-32-23)16-6-4-3-5-7-16/h3-13H,1-2H3,(H,24,25,26)(H,27,29,31). The molecule has 0 unspecified atom stereocenters. The largest absolute Gasteiger partial charge is 0.324 e. The van der Waals surface area contributed by atoms with Gasteiger partial charge in [-0.05, 0) is 44.2 Å². The van der Waals surface area contributed by atoms with Crippen LogP contribution in [-0.2, 0) is 0 Å². The van der Waals surface area contributed by atoms with Crippen molar-refractivity contribution in [3.05, 3.63) is 83.0 Å². The third-order valence-electron chi connectivity index (χ3n) is 4.76. The molecule has 0 bridgehead atoms. The van der Waals surface area contributed by atoms with E-state index in [2.05, 4.69) is 30.7 Å². The van der Waals surface area contributed by atoms with Crippen LogP contribution in [0.1, 0.15) is 21.7 Å². The van der Waals surface area contributed by atoms with Gasteiger partial charge in [-0.2, -0.15) is 4.98 Å². The number of thiazole rings is 1. The van der Waals surface area contributed by atoms with Crippen molar-refractivity contribution < 1.29 is 4.79 Å². The van der Waals surface area contributed by atoms with Crippen LogP contribution < -0.4 is 10.6 Å². The second-order valence-electron chi connectivity index (χ2n) is 7.25. The van der Waals surface area contributed by atoms with E-state index in [4.69, 9.17) is 0 Å². The van der Waals surface area contributed by atoms with Crippen molar-refractivity contribution in [3.63, 3.8) is 0 Å². The molecule has 158 valence electrons. The maximum absolute atomic E-state index is 12.7. The molecule has 0 aliphatic rings. The molecule has 9 heteroatoms. The highest BCUT2D eigenvalue weighted by Crippen LogP contribution is 2.25. The maximum atomic E-state index is 12.7. The van der Waals surface area contributed by atoms with Crippen LogP contribution >= 0.6 is 11.3 Å². The van der Waals surface area contributed by atoms with Gasteiger partial charge in [0.25, 0.3) is 11.9 Å². The van der Waals surface area contributed by atoms with Gasteiger partial charge >= 0.3 is 0 Å². The zero-order valence-electron chi connectivity index (χ0n) is 17.4. The second-order valence-corrected chi connectivity index (χ2v) is 8.08. The third kappa shape index (κ3) is 4.06. The molecule has 0 spiro atoms. The Labute approximate surface area is 188 Å². The summed E-state index contributed by atoms with van der Waals surface area (Å²) in [6.07, 6.45) is 0. The van der Waals surface area contributed by atoms with Gasteiger partial charge in [0.15, 0.2) is 0 Å². The highest BCUT2D eigenvalue weighted by atomic mass is 32.1. The van der Waals surface area contributed by atoms with E-state index in [1.54, 1.807) is 16.6 Å². The summed E-state index contributed by atoms with van der Waals surface area (Å²) in [6, 6.07) is 18.9. The smallest absolute Gasteiger partial charge is 0.258 e. The highest BCUT2D eigenvalue weighted by Gasteiger charge is 2.14. The molecule has 0 saturated carbocycles. The first-order valence-electron chi connectivity index (χ1n) is 9.95. The molecule has 3 aromatic heterocycles. The first-order valence-corrected chi connectivity index (χ1v) is 10.8. The van der Waals surface area contributed by atoms with Gasteiger partial charge in [0.05, 0.1) is 5.69 Å². The monoisotopic (exact) mass is 441 g/mol. The van der Waals surface area contributed by atoms with Crippen molar-refractivity contribution >= 4 is 39.8 Å². The average molecular weight is 442 g/mol. The molecular weight excluding hydrogens is 422 g/mol.